The number of nitrogens with zero attached hydrogens (tertiary/aromatic N) is 3. The largest absolute Gasteiger partial charge is 0.352 e. The Bertz CT molecular complexity index is 1260. The molecule has 10 heteroatoms. The van der Waals surface area contributed by atoms with Crippen molar-refractivity contribution in [2.24, 2.45) is 0 Å². The van der Waals surface area contributed by atoms with Gasteiger partial charge in [-0.25, -0.2) is 18.7 Å². The molecule has 0 aliphatic rings. The Kier molecular flexibility index (Phi) is 6.31. The third-order valence-electron chi connectivity index (χ3n) is 4.52. The lowest BCUT2D eigenvalue weighted by molar-refractivity contribution is -0.120. The number of anilines is 1. The fourth-order valence-electron chi connectivity index (χ4n) is 2.95. The van der Waals surface area contributed by atoms with Crippen LogP contribution in [0.5, 0.6) is 0 Å². The summed E-state index contributed by atoms with van der Waals surface area (Å²) < 4.78 is 29.6. The number of halogens is 2. The fourth-order valence-corrected chi connectivity index (χ4v) is 3.66. The molecule has 0 saturated carbocycles. The molecule has 2 N–H and O–H groups in total. The van der Waals surface area contributed by atoms with Gasteiger partial charge in [0.15, 0.2) is 5.13 Å². The van der Waals surface area contributed by atoms with Crippen LogP contribution < -0.4 is 10.6 Å². The van der Waals surface area contributed by atoms with Crippen LogP contribution in [0.15, 0.2) is 66.6 Å². The maximum atomic E-state index is 14.3. The van der Waals surface area contributed by atoms with E-state index in [1.54, 1.807) is 40.5 Å². The highest BCUT2D eigenvalue weighted by Crippen LogP contribution is 2.18. The summed E-state index contributed by atoms with van der Waals surface area (Å²) in [6.07, 6.45) is 4.69. The minimum Gasteiger partial charge on any atom is -0.352 e. The Morgan fingerprint density at radius 3 is 2.69 bits per heavy atom. The molecule has 4 rings (SSSR count). The van der Waals surface area contributed by atoms with Crippen molar-refractivity contribution in [1.29, 1.82) is 0 Å². The highest BCUT2D eigenvalue weighted by molar-refractivity contribution is 7.14. The Balaban J connectivity index is 1.30. The molecule has 0 bridgehead atoms. The van der Waals surface area contributed by atoms with E-state index in [1.165, 1.54) is 30.6 Å². The summed E-state index contributed by atoms with van der Waals surface area (Å²) >= 11 is 1.13. The Morgan fingerprint density at radius 2 is 1.94 bits per heavy atom. The number of rotatable bonds is 7. The zero-order chi connectivity index (χ0) is 22.5. The van der Waals surface area contributed by atoms with E-state index < -0.39 is 17.5 Å². The van der Waals surface area contributed by atoms with Gasteiger partial charge in [0, 0.05) is 24.3 Å². The Morgan fingerprint density at radius 1 is 1.09 bits per heavy atom. The van der Waals surface area contributed by atoms with Crippen molar-refractivity contribution >= 4 is 28.3 Å². The topological polar surface area (TPSA) is 88.9 Å². The molecule has 0 unspecified atom stereocenters. The molecule has 0 atom stereocenters. The van der Waals surface area contributed by atoms with Gasteiger partial charge in [0.1, 0.15) is 11.6 Å². The molecule has 2 heterocycles. The molecule has 0 aliphatic carbocycles. The second-order valence-electron chi connectivity index (χ2n) is 6.79. The normalized spacial score (nSPS) is 10.7. The van der Waals surface area contributed by atoms with E-state index in [1.807, 2.05) is 0 Å². The summed E-state index contributed by atoms with van der Waals surface area (Å²) in [5.41, 5.74) is 1.34. The van der Waals surface area contributed by atoms with Crippen molar-refractivity contribution in [3.63, 3.8) is 0 Å². The molecule has 2 aromatic carbocycles. The second kappa shape index (κ2) is 9.48. The van der Waals surface area contributed by atoms with Gasteiger partial charge in [-0.2, -0.15) is 0 Å². The summed E-state index contributed by atoms with van der Waals surface area (Å²) in [6.45, 7) is 0.154. The maximum Gasteiger partial charge on any atom is 0.260 e. The van der Waals surface area contributed by atoms with Gasteiger partial charge in [0.2, 0.25) is 5.91 Å². The number of benzene rings is 2. The van der Waals surface area contributed by atoms with Crippen molar-refractivity contribution < 1.29 is 18.4 Å². The minimum absolute atomic E-state index is 0.0122. The first-order valence-corrected chi connectivity index (χ1v) is 10.4. The van der Waals surface area contributed by atoms with Crippen LogP contribution in [0.4, 0.5) is 13.9 Å². The molecule has 162 valence electrons. The van der Waals surface area contributed by atoms with E-state index in [2.05, 4.69) is 20.6 Å². The summed E-state index contributed by atoms with van der Waals surface area (Å²) in [4.78, 5) is 32.5. The standard InChI is InChI=1S/C22H17F2N5O2S/c23-17-4-2-1-3-16(17)21(31)28-22-27-15(12-32-22)10-20(30)26-11-14-5-6-19(18(24)9-14)29-8-7-25-13-29/h1-9,12-13H,10-11H2,(H,26,30)(H,27,28,31). The SMILES string of the molecule is O=C(Cc1csc(NC(=O)c2ccccc2F)n1)NCc1ccc(-n2ccnc2)c(F)c1. The van der Waals surface area contributed by atoms with Gasteiger partial charge < -0.3 is 9.88 Å². The zero-order valence-electron chi connectivity index (χ0n) is 16.6. The zero-order valence-corrected chi connectivity index (χ0v) is 17.4. The number of nitrogens with one attached hydrogen (secondary N) is 2. The summed E-state index contributed by atoms with van der Waals surface area (Å²) in [7, 11) is 0. The minimum atomic E-state index is -0.629. The van der Waals surface area contributed by atoms with E-state index >= 15 is 0 Å². The second-order valence-corrected chi connectivity index (χ2v) is 7.65. The third kappa shape index (κ3) is 5.03. The molecular formula is C22H17F2N5O2S. The van der Waals surface area contributed by atoms with Crippen LogP contribution in [0.25, 0.3) is 5.69 Å². The number of hydrogen-bond acceptors (Lipinski definition) is 5. The first-order chi connectivity index (χ1) is 15.5. The lowest BCUT2D eigenvalue weighted by Crippen LogP contribution is -2.24. The summed E-state index contributed by atoms with van der Waals surface area (Å²) in [6, 6.07) is 10.3. The van der Waals surface area contributed by atoms with Gasteiger partial charge in [-0.15, -0.1) is 11.3 Å². The lowest BCUT2D eigenvalue weighted by atomic mass is 10.2. The average molecular weight is 453 g/mol. The number of thiazole rings is 1. The maximum absolute atomic E-state index is 14.3. The summed E-state index contributed by atoms with van der Waals surface area (Å²) in [5, 5.41) is 7.13. The van der Waals surface area contributed by atoms with Crippen molar-refractivity contribution in [1.82, 2.24) is 19.9 Å². The number of imidazole rings is 1. The predicted molar refractivity (Wildman–Crippen MR) is 116 cm³/mol. The molecule has 4 aromatic rings. The van der Waals surface area contributed by atoms with Crippen LogP contribution in [0, 0.1) is 11.6 Å². The van der Waals surface area contributed by atoms with Gasteiger partial charge >= 0.3 is 0 Å². The smallest absolute Gasteiger partial charge is 0.260 e. The van der Waals surface area contributed by atoms with Crippen LogP contribution >= 0.6 is 11.3 Å². The van der Waals surface area contributed by atoms with Gasteiger partial charge in [0.05, 0.1) is 29.7 Å². The van der Waals surface area contributed by atoms with E-state index in [-0.39, 0.29) is 29.6 Å². The first-order valence-electron chi connectivity index (χ1n) is 9.53. The van der Waals surface area contributed by atoms with Crippen LogP contribution in [-0.4, -0.2) is 26.3 Å². The number of carbonyl (C=O) groups excluding carboxylic acids is 2. The van der Waals surface area contributed by atoms with Crippen molar-refractivity contribution in [2.45, 2.75) is 13.0 Å². The third-order valence-corrected chi connectivity index (χ3v) is 5.32. The van der Waals surface area contributed by atoms with Crippen LogP contribution in [0.3, 0.4) is 0 Å². The van der Waals surface area contributed by atoms with Gasteiger partial charge in [0.25, 0.3) is 5.91 Å². The Hall–Kier alpha value is -3.92. The van der Waals surface area contributed by atoms with E-state index in [9.17, 15) is 18.4 Å². The highest BCUT2D eigenvalue weighted by Gasteiger charge is 2.14. The van der Waals surface area contributed by atoms with Gasteiger partial charge in [-0.3, -0.25) is 14.9 Å². The van der Waals surface area contributed by atoms with E-state index in [0.717, 1.165) is 11.3 Å². The van der Waals surface area contributed by atoms with Crippen molar-refractivity contribution in [3.8, 4) is 5.69 Å². The molecule has 0 saturated heterocycles. The Labute approximate surface area is 185 Å². The molecule has 0 radical (unpaired) electrons. The highest BCUT2D eigenvalue weighted by atomic mass is 32.1. The predicted octanol–water partition coefficient (Wildman–Crippen LogP) is 3.72. The number of hydrogen-bond donors (Lipinski definition) is 2. The van der Waals surface area contributed by atoms with Crippen LogP contribution in [0.1, 0.15) is 21.6 Å². The first kappa shape index (κ1) is 21.3. The molecule has 0 fully saturated rings. The molecule has 7 nitrogen and oxygen atoms in total. The lowest BCUT2D eigenvalue weighted by Gasteiger charge is -2.08. The number of carbonyl (C=O) groups is 2. The number of aromatic nitrogens is 3. The average Bonchev–Trinajstić information content (AvgIpc) is 3.45. The molecule has 0 spiro atoms. The quantitative estimate of drug-likeness (QED) is 0.446. The van der Waals surface area contributed by atoms with Crippen LogP contribution in [0.2, 0.25) is 0 Å². The van der Waals surface area contributed by atoms with E-state index in [4.69, 9.17) is 0 Å². The molecule has 2 aromatic heterocycles. The molecule has 2 amide bonds. The summed E-state index contributed by atoms with van der Waals surface area (Å²) in [5.74, 6) is -1.98. The van der Waals surface area contributed by atoms with Crippen molar-refractivity contribution in [2.75, 3.05) is 5.32 Å². The van der Waals surface area contributed by atoms with E-state index in [0.29, 0.717) is 16.9 Å². The van der Waals surface area contributed by atoms with Gasteiger partial charge in [-0.05, 0) is 29.8 Å². The fraction of sp³-hybridized carbons (Fsp3) is 0.0909. The van der Waals surface area contributed by atoms with Crippen molar-refractivity contribution in [3.05, 3.63) is 95.0 Å². The molecule has 0 aliphatic heterocycles. The number of amides is 2. The monoisotopic (exact) mass is 453 g/mol. The molecular weight excluding hydrogens is 436 g/mol. The molecule has 32 heavy (non-hydrogen) atoms. The van der Waals surface area contributed by atoms with Gasteiger partial charge in [-0.1, -0.05) is 18.2 Å². The van der Waals surface area contributed by atoms with Crippen LogP contribution in [-0.2, 0) is 17.8 Å².